The number of pyridine rings is 1. The maximum absolute atomic E-state index is 13.2. The quantitative estimate of drug-likeness (QED) is 0.649. The molecule has 0 bridgehead atoms. The van der Waals surface area contributed by atoms with Crippen molar-refractivity contribution in [2.45, 2.75) is 12.6 Å². The van der Waals surface area contributed by atoms with Gasteiger partial charge < -0.3 is 19.7 Å². The van der Waals surface area contributed by atoms with E-state index in [0.29, 0.717) is 25.6 Å². The van der Waals surface area contributed by atoms with Crippen LogP contribution in [0.1, 0.15) is 17.2 Å². The molecule has 1 saturated heterocycles. The number of ether oxygens (including phenoxy) is 2. The van der Waals surface area contributed by atoms with Crippen molar-refractivity contribution in [2.75, 3.05) is 53.6 Å². The molecule has 2 heterocycles. The summed E-state index contributed by atoms with van der Waals surface area (Å²) in [4.78, 5) is 22.0. The van der Waals surface area contributed by atoms with Crippen molar-refractivity contribution >= 4 is 5.91 Å². The fourth-order valence-electron chi connectivity index (χ4n) is 3.43. The molecule has 1 unspecified atom stereocenters. The Balaban J connectivity index is 1.69. The lowest BCUT2D eigenvalue weighted by molar-refractivity contribution is -0.127. The highest BCUT2D eigenvalue weighted by Gasteiger charge is 2.29. The molecule has 1 aromatic carbocycles. The smallest absolute Gasteiger partial charge is 0.242 e. The van der Waals surface area contributed by atoms with E-state index in [2.05, 4.69) is 27.1 Å². The summed E-state index contributed by atoms with van der Waals surface area (Å²) in [6.45, 7) is 4.91. The molecular formula is C22H30N4O3. The van der Waals surface area contributed by atoms with Crippen LogP contribution >= 0.6 is 0 Å². The van der Waals surface area contributed by atoms with Gasteiger partial charge in [0.15, 0.2) is 0 Å². The number of carbonyl (C=O) groups is 1. The molecule has 29 heavy (non-hydrogen) atoms. The Morgan fingerprint density at radius 1 is 1.10 bits per heavy atom. The van der Waals surface area contributed by atoms with E-state index in [1.54, 1.807) is 13.3 Å². The number of nitrogens with zero attached hydrogens (tertiary/aromatic N) is 3. The second-order valence-corrected chi connectivity index (χ2v) is 7.18. The van der Waals surface area contributed by atoms with Crippen LogP contribution in [0.4, 0.5) is 0 Å². The monoisotopic (exact) mass is 398 g/mol. The minimum absolute atomic E-state index is 0.00699. The molecule has 1 fully saturated rings. The third-order valence-electron chi connectivity index (χ3n) is 5.10. The van der Waals surface area contributed by atoms with Crippen molar-refractivity contribution < 1.29 is 14.3 Å². The zero-order valence-corrected chi connectivity index (χ0v) is 17.2. The second-order valence-electron chi connectivity index (χ2n) is 7.18. The van der Waals surface area contributed by atoms with E-state index in [-0.39, 0.29) is 11.9 Å². The topological polar surface area (TPSA) is 66.9 Å². The fourth-order valence-corrected chi connectivity index (χ4v) is 3.43. The maximum Gasteiger partial charge on any atom is 0.242 e. The first-order chi connectivity index (χ1) is 14.2. The van der Waals surface area contributed by atoms with E-state index < -0.39 is 0 Å². The molecule has 1 N–H and O–H groups in total. The SMILES string of the molecule is COCCOc1ncccc1CNC(=O)C(c1ccccc1)N1CCN(C)CC1. The summed E-state index contributed by atoms with van der Waals surface area (Å²) in [7, 11) is 3.74. The number of nitrogens with one attached hydrogen (secondary N) is 1. The van der Waals surface area contributed by atoms with Gasteiger partial charge in [0.1, 0.15) is 12.6 Å². The first-order valence-electron chi connectivity index (χ1n) is 10.00. The van der Waals surface area contributed by atoms with Gasteiger partial charge in [-0.1, -0.05) is 36.4 Å². The van der Waals surface area contributed by atoms with Crippen LogP contribution in [-0.2, 0) is 16.1 Å². The number of aromatic nitrogens is 1. The second kappa shape index (κ2) is 10.9. The molecule has 1 aromatic heterocycles. The first-order valence-corrected chi connectivity index (χ1v) is 10.00. The van der Waals surface area contributed by atoms with E-state index in [1.807, 2.05) is 42.5 Å². The summed E-state index contributed by atoms with van der Waals surface area (Å²) < 4.78 is 10.7. The van der Waals surface area contributed by atoms with Crippen LogP contribution in [0.25, 0.3) is 0 Å². The minimum atomic E-state index is -0.306. The summed E-state index contributed by atoms with van der Waals surface area (Å²) in [5, 5.41) is 3.09. The number of carbonyl (C=O) groups excluding carboxylic acids is 1. The van der Waals surface area contributed by atoms with E-state index in [0.717, 1.165) is 37.3 Å². The highest BCUT2D eigenvalue weighted by Crippen LogP contribution is 2.23. The zero-order valence-electron chi connectivity index (χ0n) is 17.2. The molecule has 156 valence electrons. The van der Waals surface area contributed by atoms with Gasteiger partial charge in [0.2, 0.25) is 11.8 Å². The highest BCUT2D eigenvalue weighted by molar-refractivity contribution is 5.83. The number of benzene rings is 1. The van der Waals surface area contributed by atoms with Gasteiger partial charge in [-0.3, -0.25) is 9.69 Å². The lowest BCUT2D eigenvalue weighted by Crippen LogP contribution is -2.49. The molecule has 3 rings (SSSR count). The predicted octanol–water partition coefficient (Wildman–Crippen LogP) is 1.71. The average molecular weight is 399 g/mol. The van der Waals surface area contributed by atoms with E-state index >= 15 is 0 Å². The Labute approximate surface area is 172 Å². The normalized spacial score (nSPS) is 16.3. The van der Waals surface area contributed by atoms with Crippen LogP contribution in [-0.4, -0.2) is 74.2 Å². The minimum Gasteiger partial charge on any atom is -0.475 e. The summed E-state index contributed by atoms with van der Waals surface area (Å²) >= 11 is 0. The highest BCUT2D eigenvalue weighted by atomic mass is 16.5. The number of piperazine rings is 1. The molecule has 1 amide bonds. The Morgan fingerprint density at radius 2 is 1.86 bits per heavy atom. The van der Waals surface area contributed by atoms with Crippen LogP contribution in [0.3, 0.4) is 0 Å². The van der Waals surface area contributed by atoms with Gasteiger partial charge in [-0.05, 0) is 18.7 Å². The summed E-state index contributed by atoms with van der Waals surface area (Å²) in [6.07, 6.45) is 1.68. The van der Waals surface area contributed by atoms with Crippen molar-refractivity contribution in [2.24, 2.45) is 0 Å². The maximum atomic E-state index is 13.2. The van der Waals surface area contributed by atoms with Crippen LogP contribution < -0.4 is 10.1 Å². The van der Waals surface area contributed by atoms with Crippen molar-refractivity contribution in [1.82, 2.24) is 20.1 Å². The molecule has 1 atom stereocenters. The molecule has 2 aromatic rings. The Bertz CT molecular complexity index is 764. The average Bonchev–Trinajstić information content (AvgIpc) is 2.75. The van der Waals surface area contributed by atoms with Gasteiger partial charge in [-0.15, -0.1) is 0 Å². The van der Waals surface area contributed by atoms with Crippen LogP contribution in [0.2, 0.25) is 0 Å². The number of hydrogen-bond donors (Lipinski definition) is 1. The molecular weight excluding hydrogens is 368 g/mol. The van der Waals surface area contributed by atoms with E-state index in [4.69, 9.17) is 9.47 Å². The Hall–Kier alpha value is -2.48. The number of hydrogen-bond acceptors (Lipinski definition) is 6. The summed E-state index contributed by atoms with van der Waals surface area (Å²) in [5.74, 6) is 0.521. The number of amides is 1. The van der Waals surface area contributed by atoms with Gasteiger partial charge in [0.25, 0.3) is 0 Å². The zero-order chi connectivity index (χ0) is 20.5. The molecule has 0 radical (unpaired) electrons. The fraction of sp³-hybridized carbons (Fsp3) is 0.455. The predicted molar refractivity (Wildman–Crippen MR) is 112 cm³/mol. The van der Waals surface area contributed by atoms with Crippen molar-refractivity contribution in [1.29, 1.82) is 0 Å². The lowest BCUT2D eigenvalue weighted by Gasteiger charge is -2.37. The molecule has 0 aliphatic carbocycles. The van der Waals surface area contributed by atoms with Gasteiger partial charge in [0.05, 0.1) is 6.61 Å². The van der Waals surface area contributed by atoms with Gasteiger partial charge in [-0.2, -0.15) is 0 Å². The largest absolute Gasteiger partial charge is 0.475 e. The number of methoxy groups -OCH3 is 1. The molecule has 0 saturated carbocycles. The van der Waals surface area contributed by atoms with Crippen LogP contribution in [0.15, 0.2) is 48.7 Å². The molecule has 1 aliphatic heterocycles. The lowest BCUT2D eigenvalue weighted by atomic mass is 10.0. The molecule has 1 aliphatic rings. The van der Waals surface area contributed by atoms with E-state index in [1.165, 1.54) is 0 Å². The van der Waals surface area contributed by atoms with Crippen molar-refractivity contribution in [3.05, 3.63) is 59.8 Å². The number of rotatable bonds is 9. The Kier molecular flexibility index (Phi) is 7.98. The van der Waals surface area contributed by atoms with Crippen LogP contribution in [0, 0.1) is 0 Å². The summed E-state index contributed by atoms with van der Waals surface area (Å²) in [5.41, 5.74) is 1.86. The van der Waals surface area contributed by atoms with Crippen molar-refractivity contribution in [3.63, 3.8) is 0 Å². The molecule has 0 spiro atoms. The van der Waals surface area contributed by atoms with Gasteiger partial charge >= 0.3 is 0 Å². The van der Waals surface area contributed by atoms with Gasteiger partial charge in [-0.25, -0.2) is 4.98 Å². The van der Waals surface area contributed by atoms with Crippen molar-refractivity contribution in [3.8, 4) is 5.88 Å². The Morgan fingerprint density at radius 3 is 2.59 bits per heavy atom. The number of likely N-dealkylation sites (N-methyl/N-ethyl adjacent to an activating group) is 1. The first kappa shape index (κ1) is 21.2. The third kappa shape index (κ3) is 6.00. The van der Waals surface area contributed by atoms with Gasteiger partial charge in [0, 0.05) is 51.6 Å². The standard InChI is InChI=1S/C22H30N4O3/c1-25-11-13-26(14-12-25)20(18-7-4-3-5-8-18)21(27)24-17-19-9-6-10-23-22(19)29-16-15-28-2/h3-10,20H,11-17H2,1-2H3,(H,24,27). The molecule has 7 nitrogen and oxygen atoms in total. The van der Waals surface area contributed by atoms with E-state index in [9.17, 15) is 4.79 Å². The summed E-state index contributed by atoms with van der Waals surface area (Å²) in [6, 6.07) is 13.4. The third-order valence-corrected chi connectivity index (χ3v) is 5.10. The molecule has 7 heteroatoms. The van der Waals surface area contributed by atoms with Crippen LogP contribution in [0.5, 0.6) is 5.88 Å².